The summed E-state index contributed by atoms with van der Waals surface area (Å²) in [5.74, 6) is -0.219. The zero-order valence-corrected chi connectivity index (χ0v) is 20.7. The van der Waals surface area contributed by atoms with Gasteiger partial charge in [-0.15, -0.1) is 0 Å². The van der Waals surface area contributed by atoms with E-state index in [0.29, 0.717) is 12.4 Å². The number of nitrogens with two attached hydrogens (primary N) is 1. The number of rotatable bonds is 4. The lowest BCUT2D eigenvalue weighted by Crippen LogP contribution is -2.41. The summed E-state index contributed by atoms with van der Waals surface area (Å²) in [6, 6.07) is 5.99. The Labute approximate surface area is 190 Å². The van der Waals surface area contributed by atoms with Gasteiger partial charge in [0.05, 0.1) is 5.56 Å². The van der Waals surface area contributed by atoms with Gasteiger partial charge in [0.25, 0.3) is 15.9 Å². The minimum absolute atomic E-state index is 0.0270. The van der Waals surface area contributed by atoms with Crippen molar-refractivity contribution in [1.29, 1.82) is 0 Å². The van der Waals surface area contributed by atoms with Gasteiger partial charge in [-0.05, 0) is 54.9 Å². The molecule has 1 fully saturated rings. The molecule has 0 radical (unpaired) electrons. The number of aromatic nitrogens is 2. The van der Waals surface area contributed by atoms with Gasteiger partial charge in [0.1, 0.15) is 11.6 Å². The van der Waals surface area contributed by atoms with Crippen LogP contribution >= 0.6 is 0 Å². The lowest BCUT2D eigenvalue weighted by atomic mass is 9.86. The van der Waals surface area contributed by atoms with E-state index < -0.39 is 15.9 Å². The number of hydrogen-bond acceptors (Lipinski definition) is 7. The molecule has 1 amide bonds. The minimum Gasteiger partial charge on any atom is -0.384 e. The minimum atomic E-state index is -4.21. The van der Waals surface area contributed by atoms with Crippen molar-refractivity contribution in [3.63, 3.8) is 0 Å². The van der Waals surface area contributed by atoms with Gasteiger partial charge in [0.15, 0.2) is 5.03 Å². The Balaban J connectivity index is 2.08. The smallest absolute Gasteiger partial charge is 0.281 e. The summed E-state index contributed by atoms with van der Waals surface area (Å²) in [7, 11) is -4.21. The van der Waals surface area contributed by atoms with Gasteiger partial charge in [-0.25, -0.2) is 14.7 Å². The molecule has 0 aliphatic carbocycles. The topological polar surface area (TPSA) is 118 Å². The summed E-state index contributed by atoms with van der Waals surface area (Å²) in [6.45, 7) is 15.3. The maximum absolute atomic E-state index is 13.3. The van der Waals surface area contributed by atoms with Gasteiger partial charge >= 0.3 is 0 Å². The molecule has 32 heavy (non-hydrogen) atoms. The predicted molar refractivity (Wildman–Crippen MR) is 126 cm³/mol. The average Bonchev–Trinajstić information content (AvgIpc) is 2.87. The molecule has 1 aliphatic heterocycles. The molecule has 3 rings (SSSR count). The van der Waals surface area contributed by atoms with Gasteiger partial charge in [-0.3, -0.25) is 4.79 Å². The quantitative estimate of drug-likeness (QED) is 0.718. The van der Waals surface area contributed by atoms with E-state index in [9.17, 15) is 13.2 Å². The number of nitrogen functional groups attached to an aromatic ring is 1. The number of pyridine rings is 2. The van der Waals surface area contributed by atoms with Crippen molar-refractivity contribution < 1.29 is 13.2 Å². The summed E-state index contributed by atoms with van der Waals surface area (Å²) >= 11 is 0. The first-order valence-corrected chi connectivity index (χ1v) is 12.1. The highest BCUT2D eigenvalue weighted by atomic mass is 32.2. The van der Waals surface area contributed by atoms with Gasteiger partial charge in [0.2, 0.25) is 0 Å². The fourth-order valence-electron chi connectivity index (χ4n) is 4.39. The second kappa shape index (κ2) is 7.72. The van der Waals surface area contributed by atoms with Crippen LogP contribution in [0.15, 0.2) is 35.5 Å². The van der Waals surface area contributed by atoms with Crippen LogP contribution in [0.1, 0.15) is 70.8 Å². The van der Waals surface area contributed by atoms with Crippen LogP contribution in [0.5, 0.6) is 0 Å². The van der Waals surface area contributed by atoms with E-state index in [0.717, 1.165) is 12.0 Å². The monoisotopic (exact) mass is 459 g/mol. The lowest BCUT2D eigenvalue weighted by molar-refractivity contribution is 0.0981. The van der Waals surface area contributed by atoms with Crippen molar-refractivity contribution in [2.45, 2.75) is 70.9 Å². The van der Waals surface area contributed by atoms with Gasteiger partial charge < -0.3 is 10.6 Å². The highest BCUT2D eigenvalue weighted by Crippen LogP contribution is 2.44. The van der Waals surface area contributed by atoms with E-state index in [1.165, 1.54) is 18.2 Å². The van der Waals surface area contributed by atoms with E-state index >= 15 is 0 Å². The largest absolute Gasteiger partial charge is 0.384 e. The molecule has 0 atom stereocenters. The number of carbonyl (C=O) groups is 1. The second-order valence-electron chi connectivity index (χ2n) is 10.9. The number of carbonyl (C=O) groups excluding carboxylic acids is 1. The SMILES string of the molecule is CC1(C)CN(c2ncc(C(C)(C)C)cc2C(=O)NS(=O)(=O)c2cccc(N)n2)C(C)(C)C1. The number of nitrogens with one attached hydrogen (secondary N) is 1. The van der Waals surface area contributed by atoms with Gasteiger partial charge in [0, 0.05) is 18.3 Å². The Morgan fingerprint density at radius 2 is 1.84 bits per heavy atom. The van der Waals surface area contributed by atoms with E-state index in [4.69, 9.17) is 5.73 Å². The molecule has 1 aliphatic rings. The van der Waals surface area contributed by atoms with Crippen molar-refractivity contribution in [2.75, 3.05) is 17.2 Å². The molecule has 3 N–H and O–H groups in total. The Bertz CT molecular complexity index is 1150. The van der Waals surface area contributed by atoms with Crippen molar-refractivity contribution in [3.05, 3.63) is 41.6 Å². The maximum Gasteiger partial charge on any atom is 0.281 e. The highest BCUT2D eigenvalue weighted by molar-refractivity contribution is 7.90. The van der Waals surface area contributed by atoms with Crippen LogP contribution in [0.2, 0.25) is 0 Å². The molecule has 0 aromatic carbocycles. The highest BCUT2D eigenvalue weighted by Gasteiger charge is 2.45. The Morgan fingerprint density at radius 1 is 1.19 bits per heavy atom. The lowest BCUT2D eigenvalue weighted by Gasteiger charge is -2.34. The first-order valence-electron chi connectivity index (χ1n) is 10.6. The Morgan fingerprint density at radius 3 is 2.38 bits per heavy atom. The summed E-state index contributed by atoms with van der Waals surface area (Å²) < 4.78 is 27.8. The third-order valence-corrected chi connectivity index (χ3v) is 6.94. The van der Waals surface area contributed by atoms with Crippen LogP contribution in [-0.2, 0) is 15.4 Å². The molecule has 3 heterocycles. The van der Waals surface area contributed by atoms with Crippen molar-refractivity contribution >= 4 is 27.6 Å². The van der Waals surface area contributed by atoms with Crippen molar-refractivity contribution in [2.24, 2.45) is 5.41 Å². The molecule has 0 spiro atoms. The first-order chi connectivity index (χ1) is 14.5. The van der Waals surface area contributed by atoms with Gasteiger partial charge in [-0.1, -0.05) is 40.7 Å². The van der Waals surface area contributed by atoms with E-state index in [-0.39, 0.29) is 32.8 Å². The van der Waals surface area contributed by atoms with Crippen LogP contribution < -0.4 is 15.4 Å². The molecule has 0 unspecified atom stereocenters. The third-order valence-electron chi connectivity index (χ3n) is 5.71. The number of nitrogens with zero attached hydrogens (tertiary/aromatic N) is 3. The Kier molecular flexibility index (Phi) is 5.78. The molecular weight excluding hydrogens is 426 g/mol. The van der Waals surface area contributed by atoms with Crippen LogP contribution in [0, 0.1) is 5.41 Å². The number of hydrogen-bond donors (Lipinski definition) is 2. The van der Waals surface area contributed by atoms with E-state index in [1.807, 2.05) is 20.8 Å². The molecular formula is C23H33N5O3S. The second-order valence-corrected chi connectivity index (χ2v) is 12.5. The standard InChI is InChI=1S/C23H33N5O3S/c1-21(2,3)15-11-16(19(25-12-15)28-14-22(4,5)13-23(28,6)7)20(29)27-32(30,31)18-10-8-9-17(24)26-18/h8-12H,13-14H2,1-7H3,(H2,24,26)(H,27,29). The molecule has 8 nitrogen and oxygen atoms in total. The summed E-state index contributed by atoms with van der Waals surface area (Å²) in [5.41, 5.74) is 6.19. The van der Waals surface area contributed by atoms with Crippen LogP contribution in [0.3, 0.4) is 0 Å². The third kappa shape index (κ3) is 4.87. The van der Waals surface area contributed by atoms with Crippen molar-refractivity contribution in [1.82, 2.24) is 14.7 Å². The number of sulfonamides is 1. The zero-order valence-electron chi connectivity index (χ0n) is 19.9. The van der Waals surface area contributed by atoms with Crippen LogP contribution in [-0.4, -0.2) is 36.4 Å². The van der Waals surface area contributed by atoms with Crippen LogP contribution in [0.4, 0.5) is 11.6 Å². The number of anilines is 2. The molecule has 174 valence electrons. The summed E-state index contributed by atoms with van der Waals surface area (Å²) in [6.07, 6.45) is 2.68. The maximum atomic E-state index is 13.3. The molecule has 9 heteroatoms. The molecule has 2 aromatic heterocycles. The zero-order chi connectivity index (χ0) is 24.1. The molecule has 2 aromatic rings. The van der Waals surface area contributed by atoms with Crippen LogP contribution in [0.25, 0.3) is 0 Å². The average molecular weight is 460 g/mol. The normalized spacial score (nSPS) is 17.9. The number of amides is 1. The predicted octanol–water partition coefficient (Wildman–Crippen LogP) is 3.49. The van der Waals surface area contributed by atoms with Gasteiger partial charge in [-0.2, -0.15) is 8.42 Å². The van der Waals surface area contributed by atoms with E-state index in [1.54, 1.807) is 12.3 Å². The molecule has 0 saturated carbocycles. The fraction of sp³-hybridized carbons (Fsp3) is 0.522. The first kappa shape index (κ1) is 24.0. The van der Waals surface area contributed by atoms with Crippen molar-refractivity contribution in [3.8, 4) is 0 Å². The molecule has 0 bridgehead atoms. The Hall–Kier alpha value is -2.68. The molecule has 1 saturated heterocycles. The summed E-state index contributed by atoms with van der Waals surface area (Å²) in [5, 5.41) is -0.310. The fourth-order valence-corrected chi connectivity index (χ4v) is 5.33. The summed E-state index contributed by atoms with van der Waals surface area (Å²) in [4.78, 5) is 23.9. The van der Waals surface area contributed by atoms with E-state index in [2.05, 4.69) is 47.3 Å².